The molecule has 4 nitrogen and oxygen atoms in total. The molecule has 1 saturated carbocycles. The number of nitrogens with one attached hydrogen (secondary N) is 1. The predicted octanol–water partition coefficient (Wildman–Crippen LogP) is 3.15. The summed E-state index contributed by atoms with van der Waals surface area (Å²) in [5.41, 5.74) is -0.280. The van der Waals surface area contributed by atoms with Crippen molar-refractivity contribution >= 4 is 16.7 Å². The number of pyridine rings is 1. The van der Waals surface area contributed by atoms with Crippen LogP contribution in [0.4, 0.5) is 13.2 Å². The molecule has 0 radical (unpaired) electrons. The second kappa shape index (κ2) is 5.96. The average Bonchev–Trinajstić information content (AvgIpc) is 2.45. The molecule has 1 fully saturated rings. The molecule has 2 aromatic rings. The first-order valence-electron chi connectivity index (χ1n) is 7.76. The van der Waals surface area contributed by atoms with Crippen molar-refractivity contribution in [3.63, 3.8) is 0 Å². The zero-order valence-corrected chi connectivity index (χ0v) is 13.1. The third-order valence-electron chi connectivity index (χ3n) is 4.28. The Morgan fingerprint density at radius 1 is 1.29 bits per heavy atom. The van der Waals surface area contributed by atoms with E-state index in [2.05, 4.69) is 5.32 Å². The Labute approximate surface area is 136 Å². The Bertz CT molecular complexity index is 851. The van der Waals surface area contributed by atoms with Crippen molar-refractivity contribution in [1.29, 1.82) is 0 Å². The van der Waals surface area contributed by atoms with Gasteiger partial charge in [0, 0.05) is 11.4 Å². The van der Waals surface area contributed by atoms with Crippen molar-refractivity contribution < 1.29 is 18.0 Å². The van der Waals surface area contributed by atoms with Gasteiger partial charge in [-0.1, -0.05) is 17.7 Å². The number of benzene rings is 1. The highest BCUT2D eigenvalue weighted by molar-refractivity contribution is 5.97. The summed E-state index contributed by atoms with van der Waals surface area (Å²) in [5, 5.41) is 3.34. The third kappa shape index (κ3) is 3.29. The molecule has 0 aliphatic heterocycles. The maximum absolute atomic E-state index is 12.9. The number of halogens is 3. The molecule has 0 atom stereocenters. The standard InChI is InChI=1S/C17H17F3N2O2/c1-10-5-6-11-8-14(15(23)21-12-3-2-4-12)22(9-17(18,19)20)16(24)13(11)7-10/h5-8,12H,2-4,9H2,1H3,(H,21,23). The Kier molecular flexibility index (Phi) is 4.11. The van der Waals surface area contributed by atoms with Gasteiger partial charge < -0.3 is 5.32 Å². The molecule has 1 aliphatic rings. The van der Waals surface area contributed by atoms with E-state index in [1.54, 1.807) is 19.1 Å². The molecule has 1 aromatic carbocycles. The van der Waals surface area contributed by atoms with Crippen molar-refractivity contribution in [3.05, 3.63) is 45.9 Å². The SMILES string of the molecule is Cc1ccc2cc(C(=O)NC3CCC3)n(CC(F)(F)F)c(=O)c2c1. The van der Waals surface area contributed by atoms with E-state index in [1.807, 2.05) is 0 Å². The first-order valence-corrected chi connectivity index (χ1v) is 7.76. The second-order valence-corrected chi connectivity index (χ2v) is 6.23. The van der Waals surface area contributed by atoms with Gasteiger partial charge in [-0.3, -0.25) is 14.2 Å². The van der Waals surface area contributed by atoms with Gasteiger partial charge in [-0.25, -0.2) is 0 Å². The van der Waals surface area contributed by atoms with Gasteiger partial charge in [0.1, 0.15) is 12.2 Å². The summed E-state index contributed by atoms with van der Waals surface area (Å²) >= 11 is 0. The van der Waals surface area contributed by atoms with Crippen LogP contribution in [0.15, 0.2) is 29.1 Å². The van der Waals surface area contributed by atoms with E-state index < -0.39 is 24.2 Å². The summed E-state index contributed by atoms with van der Waals surface area (Å²) in [7, 11) is 0. The van der Waals surface area contributed by atoms with Gasteiger partial charge in [-0.05, 0) is 43.7 Å². The van der Waals surface area contributed by atoms with Gasteiger partial charge >= 0.3 is 6.18 Å². The highest BCUT2D eigenvalue weighted by Crippen LogP contribution is 2.22. The Hall–Kier alpha value is -2.31. The predicted molar refractivity (Wildman–Crippen MR) is 84.1 cm³/mol. The van der Waals surface area contributed by atoms with Crippen molar-refractivity contribution in [3.8, 4) is 0 Å². The summed E-state index contributed by atoms with van der Waals surface area (Å²) in [6.07, 6.45) is -1.99. The molecule has 1 heterocycles. The van der Waals surface area contributed by atoms with Crippen molar-refractivity contribution in [2.45, 2.75) is 44.9 Å². The fourth-order valence-corrected chi connectivity index (χ4v) is 2.80. The van der Waals surface area contributed by atoms with Crippen LogP contribution >= 0.6 is 0 Å². The number of carbonyl (C=O) groups is 1. The van der Waals surface area contributed by atoms with Crippen LogP contribution < -0.4 is 10.9 Å². The molecule has 0 bridgehead atoms. The highest BCUT2D eigenvalue weighted by Gasteiger charge is 2.31. The minimum atomic E-state index is -4.59. The molecule has 128 valence electrons. The normalized spacial score (nSPS) is 15.3. The lowest BCUT2D eigenvalue weighted by Gasteiger charge is -2.27. The lowest BCUT2D eigenvalue weighted by atomic mass is 9.93. The molecule has 7 heteroatoms. The summed E-state index contributed by atoms with van der Waals surface area (Å²) in [4.78, 5) is 24.9. The molecule has 3 rings (SSSR count). The van der Waals surface area contributed by atoms with Gasteiger partial charge in [0.15, 0.2) is 0 Å². The number of hydrogen-bond acceptors (Lipinski definition) is 2. The minimum Gasteiger partial charge on any atom is -0.348 e. The lowest BCUT2D eigenvalue weighted by Crippen LogP contribution is -2.42. The van der Waals surface area contributed by atoms with Crippen LogP contribution in [0.25, 0.3) is 10.8 Å². The van der Waals surface area contributed by atoms with Crippen LogP contribution in [0.2, 0.25) is 0 Å². The fourth-order valence-electron chi connectivity index (χ4n) is 2.80. The van der Waals surface area contributed by atoms with Crippen LogP contribution in [0.3, 0.4) is 0 Å². The van der Waals surface area contributed by atoms with Gasteiger partial charge in [-0.15, -0.1) is 0 Å². The van der Waals surface area contributed by atoms with Crippen LogP contribution in [0.1, 0.15) is 35.3 Å². The second-order valence-electron chi connectivity index (χ2n) is 6.23. The first kappa shape index (κ1) is 16.5. The molecule has 0 spiro atoms. The zero-order valence-electron chi connectivity index (χ0n) is 13.1. The summed E-state index contributed by atoms with van der Waals surface area (Å²) in [5.74, 6) is -0.636. The number of fused-ring (bicyclic) bond motifs is 1. The number of aromatic nitrogens is 1. The number of aryl methyl sites for hydroxylation is 1. The quantitative estimate of drug-likeness (QED) is 0.935. The molecule has 1 N–H and O–H groups in total. The van der Waals surface area contributed by atoms with Crippen molar-refractivity contribution in [2.24, 2.45) is 0 Å². The lowest BCUT2D eigenvalue weighted by molar-refractivity contribution is -0.141. The molecular weight excluding hydrogens is 321 g/mol. The maximum atomic E-state index is 12.9. The van der Waals surface area contributed by atoms with Crippen LogP contribution in [-0.2, 0) is 6.54 Å². The fraction of sp³-hybridized carbons (Fsp3) is 0.412. The maximum Gasteiger partial charge on any atom is 0.406 e. The number of carbonyl (C=O) groups excluding carboxylic acids is 1. The van der Waals surface area contributed by atoms with E-state index in [-0.39, 0.29) is 17.1 Å². The largest absolute Gasteiger partial charge is 0.406 e. The average molecular weight is 338 g/mol. The number of rotatable bonds is 3. The third-order valence-corrected chi connectivity index (χ3v) is 4.28. The van der Waals surface area contributed by atoms with Gasteiger partial charge in [0.2, 0.25) is 0 Å². The minimum absolute atomic E-state index is 0.0272. The molecule has 1 aliphatic carbocycles. The molecule has 0 unspecified atom stereocenters. The Balaban J connectivity index is 2.13. The van der Waals surface area contributed by atoms with E-state index in [0.717, 1.165) is 24.8 Å². The topological polar surface area (TPSA) is 51.1 Å². The summed E-state index contributed by atoms with van der Waals surface area (Å²) < 4.78 is 39.2. The van der Waals surface area contributed by atoms with Crippen molar-refractivity contribution in [1.82, 2.24) is 9.88 Å². The van der Waals surface area contributed by atoms with Crippen molar-refractivity contribution in [2.75, 3.05) is 0 Å². The number of hydrogen-bond donors (Lipinski definition) is 1. The van der Waals surface area contributed by atoms with Gasteiger partial charge in [-0.2, -0.15) is 13.2 Å². The van der Waals surface area contributed by atoms with E-state index >= 15 is 0 Å². The van der Waals surface area contributed by atoms with E-state index in [9.17, 15) is 22.8 Å². The summed E-state index contributed by atoms with van der Waals surface area (Å²) in [6.45, 7) is 0.271. The number of alkyl halides is 3. The monoisotopic (exact) mass is 338 g/mol. The number of amides is 1. The molecular formula is C17H17F3N2O2. The van der Waals surface area contributed by atoms with Gasteiger partial charge in [0.25, 0.3) is 11.5 Å². The zero-order chi connectivity index (χ0) is 17.5. The van der Waals surface area contributed by atoms with E-state index in [0.29, 0.717) is 9.95 Å². The molecule has 1 aromatic heterocycles. The van der Waals surface area contributed by atoms with Crippen LogP contribution in [0.5, 0.6) is 0 Å². The molecule has 0 saturated heterocycles. The highest BCUT2D eigenvalue weighted by atomic mass is 19.4. The smallest absolute Gasteiger partial charge is 0.348 e. The van der Waals surface area contributed by atoms with E-state index in [4.69, 9.17) is 0 Å². The van der Waals surface area contributed by atoms with Gasteiger partial charge in [0.05, 0.1) is 0 Å². The Morgan fingerprint density at radius 3 is 2.58 bits per heavy atom. The molecule has 1 amide bonds. The molecule has 24 heavy (non-hydrogen) atoms. The number of nitrogens with zero attached hydrogens (tertiary/aromatic N) is 1. The first-order chi connectivity index (χ1) is 11.2. The van der Waals surface area contributed by atoms with E-state index in [1.165, 1.54) is 12.1 Å². The summed E-state index contributed by atoms with van der Waals surface area (Å²) in [6, 6.07) is 6.27. The van der Waals surface area contributed by atoms with Crippen LogP contribution in [-0.4, -0.2) is 22.7 Å². The Morgan fingerprint density at radius 2 is 2.00 bits per heavy atom. The van der Waals surface area contributed by atoms with Crippen LogP contribution in [0, 0.1) is 6.92 Å².